The minimum absolute atomic E-state index is 0.311. The quantitative estimate of drug-likeness (QED) is 0.891. The van der Waals surface area contributed by atoms with Gasteiger partial charge in [-0.1, -0.05) is 24.3 Å². The number of anilines is 1. The van der Waals surface area contributed by atoms with Crippen molar-refractivity contribution >= 4 is 15.5 Å². The van der Waals surface area contributed by atoms with Gasteiger partial charge in [0.15, 0.2) is 9.84 Å². The largest absolute Gasteiger partial charge is 0.494 e. The lowest BCUT2D eigenvalue weighted by Crippen LogP contribution is -2.06. The average Bonchev–Trinajstić information content (AvgIpc) is 2.45. The standard InChI is InChI=1S/C16H19NO3S/c1-3-20-14-8-6-7-13(11-14)12-17-15-9-4-5-10-16(15)21(2,18)19/h4-11,17H,3,12H2,1-2H3. The molecule has 0 saturated heterocycles. The number of sulfone groups is 1. The molecule has 0 heterocycles. The highest BCUT2D eigenvalue weighted by atomic mass is 32.2. The van der Waals surface area contributed by atoms with Crippen LogP contribution in [-0.4, -0.2) is 21.3 Å². The summed E-state index contributed by atoms with van der Waals surface area (Å²) in [6.45, 7) is 3.09. The van der Waals surface area contributed by atoms with Gasteiger partial charge in [0.2, 0.25) is 0 Å². The summed E-state index contributed by atoms with van der Waals surface area (Å²) in [7, 11) is -3.24. The second kappa shape index (κ2) is 6.63. The van der Waals surface area contributed by atoms with Crippen LogP contribution in [0.3, 0.4) is 0 Å². The molecule has 0 aliphatic rings. The molecular weight excluding hydrogens is 286 g/mol. The first kappa shape index (κ1) is 15.4. The summed E-state index contributed by atoms with van der Waals surface area (Å²) >= 11 is 0. The van der Waals surface area contributed by atoms with Gasteiger partial charge in [-0.05, 0) is 36.8 Å². The van der Waals surface area contributed by atoms with Crippen LogP contribution in [0.4, 0.5) is 5.69 Å². The third kappa shape index (κ3) is 4.23. The Morgan fingerprint density at radius 3 is 2.57 bits per heavy atom. The predicted molar refractivity (Wildman–Crippen MR) is 84.5 cm³/mol. The Morgan fingerprint density at radius 2 is 1.86 bits per heavy atom. The van der Waals surface area contributed by atoms with E-state index in [-0.39, 0.29) is 0 Å². The predicted octanol–water partition coefficient (Wildman–Crippen LogP) is 3.10. The maximum Gasteiger partial charge on any atom is 0.177 e. The number of ether oxygens (including phenoxy) is 1. The smallest absolute Gasteiger partial charge is 0.177 e. The van der Waals surface area contributed by atoms with Gasteiger partial charge >= 0.3 is 0 Å². The van der Waals surface area contributed by atoms with Gasteiger partial charge in [0.05, 0.1) is 17.2 Å². The van der Waals surface area contributed by atoms with Crippen molar-refractivity contribution in [1.82, 2.24) is 0 Å². The van der Waals surface area contributed by atoms with Crippen LogP contribution in [0, 0.1) is 0 Å². The summed E-state index contributed by atoms with van der Waals surface area (Å²) < 4.78 is 28.9. The molecule has 112 valence electrons. The summed E-state index contributed by atoms with van der Waals surface area (Å²) in [6, 6.07) is 14.6. The van der Waals surface area contributed by atoms with E-state index in [1.807, 2.05) is 37.3 Å². The summed E-state index contributed by atoms with van der Waals surface area (Å²) in [5.41, 5.74) is 1.64. The number of hydrogen-bond donors (Lipinski definition) is 1. The third-order valence-electron chi connectivity index (χ3n) is 2.98. The van der Waals surface area contributed by atoms with Crippen molar-refractivity contribution in [2.75, 3.05) is 18.2 Å². The second-order valence-electron chi connectivity index (χ2n) is 4.70. The molecule has 1 N–H and O–H groups in total. The van der Waals surface area contributed by atoms with Gasteiger partial charge in [-0.15, -0.1) is 0 Å². The zero-order chi connectivity index (χ0) is 15.3. The van der Waals surface area contributed by atoms with Crippen LogP contribution in [0.25, 0.3) is 0 Å². The molecule has 0 amide bonds. The Balaban J connectivity index is 2.15. The van der Waals surface area contributed by atoms with Crippen LogP contribution in [0.2, 0.25) is 0 Å². The molecule has 0 radical (unpaired) electrons. The zero-order valence-electron chi connectivity index (χ0n) is 12.2. The van der Waals surface area contributed by atoms with Crippen LogP contribution in [0.15, 0.2) is 53.4 Å². The molecule has 0 aromatic heterocycles. The maximum absolute atomic E-state index is 11.7. The van der Waals surface area contributed by atoms with Crippen molar-refractivity contribution in [1.29, 1.82) is 0 Å². The van der Waals surface area contributed by atoms with E-state index >= 15 is 0 Å². The van der Waals surface area contributed by atoms with Crippen molar-refractivity contribution in [2.24, 2.45) is 0 Å². The van der Waals surface area contributed by atoms with E-state index in [0.717, 1.165) is 11.3 Å². The van der Waals surface area contributed by atoms with Gasteiger partial charge in [-0.3, -0.25) is 0 Å². The molecule has 0 spiro atoms. The monoisotopic (exact) mass is 305 g/mol. The van der Waals surface area contributed by atoms with E-state index in [9.17, 15) is 8.42 Å². The van der Waals surface area contributed by atoms with E-state index in [1.54, 1.807) is 18.2 Å². The minimum Gasteiger partial charge on any atom is -0.494 e. The first-order chi connectivity index (χ1) is 10.0. The molecule has 0 fully saturated rings. The fourth-order valence-electron chi connectivity index (χ4n) is 2.05. The van der Waals surface area contributed by atoms with E-state index < -0.39 is 9.84 Å². The minimum atomic E-state index is -3.24. The number of para-hydroxylation sites is 1. The third-order valence-corrected chi connectivity index (χ3v) is 4.13. The van der Waals surface area contributed by atoms with Crippen LogP contribution in [0.1, 0.15) is 12.5 Å². The molecule has 0 bridgehead atoms. The van der Waals surface area contributed by atoms with Gasteiger partial charge in [0.1, 0.15) is 5.75 Å². The molecule has 4 nitrogen and oxygen atoms in total. The van der Waals surface area contributed by atoms with Gasteiger partial charge in [0.25, 0.3) is 0 Å². The van der Waals surface area contributed by atoms with Crippen LogP contribution >= 0.6 is 0 Å². The summed E-state index contributed by atoms with van der Waals surface area (Å²) in [6.07, 6.45) is 1.21. The normalized spacial score (nSPS) is 11.1. The molecule has 0 aliphatic carbocycles. The Morgan fingerprint density at radius 1 is 1.10 bits per heavy atom. The molecule has 2 aromatic rings. The van der Waals surface area contributed by atoms with Gasteiger partial charge in [-0.25, -0.2) is 8.42 Å². The van der Waals surface area contributed by atoms with E-state index in [4.69, 9.17) is 4.74 Å². The second-order valence-corrected chi connectivity index (χ2v) is 6.69. The Kier molecular flexibility index (Phi) is 4.85. The van der Waals surface area contributed by atoms with Crippen molar-refractivity contribution in [2.45, 2.75) is 18.4 Å². The number of hydrogen-bond acceptors (Lipinski definition) is 4. The lowest BCUT2D eigenvalue weighted by atomic mass is 10.2. The highest BCUT2D eigenvalue weighted by molar-refractivity contribution is 7.90. The van der Waals surface area contributed by atoms with Gasteiger partial charge < -0.3 is 10.1 Å². The van der Waals surface area contributed by atoms with Crippen LogP contribution in [-0.2, 0) is 16.4 Å². The highest BCUT2D eigenvalue weighted by Gasteiger charge is 2.12. The highest BCUT2D eigenvalue weighted by Crippen LogP contribution is 2.22. The molecule has 21 heavy (non-hydrogen) atoms. The lowest BCUT2D eigenvalue weighted by molar-refractivity contribution is 0.340. The SMILES string of the molecule is CCOc1cccc(CNc2ccccc2S(C)(=O)=O)c1. The van der Waals surface area contributed by atoms with E-state index in [0.29, 0.717) is 23.7 Å². The molecule has 0 saturated carbocycles. The van der Waals surface area contributed by atoms with Crippen LogP contribution in [0.5, 0.6) is 5.75 Å². The lowest BCUT2D eigenvalue weighted by Gasteiger charge is -2.11. The molecule has 0 unspecified atom stereocenters. The summed E-state index contributed by atoms with van der Waals surface area (Å²) in [5, 5.41) is 3.17. The van der Waals surface area contributed by atoms with E-state index in [1.165, 1.54) is 6.26 Å². The fourth-order valence-corrected chi connectivity index (χ4v) is 2.91. The van der Waals surface area contributed by atoms with Gasteiger partial charge in [-0.2, -0.15) is 0 Å². The summed E-state index contributed by atoms with van der Waals surface area (Å²) in [5.74, 6) is 0.813. The van der Waals surface area contributed by atoms with Crippen molar-refractivity contribution in [3.63, 3.8) is 0 Å². The number of nitrogens with one attached hydrogen (secondary N) is 1. The molecular formula is C16H19NO3S. The Hall–Kier alpha value is -2.01. The van der Waals surface area contributed by atoms with E-state index in [2.05, 4.69) is 5.32 Å². The summed E-state index contributed by atoms with van der Waals surface area (Å²) in [4.78, 5) is 0.311. The zero-order valence-corrected chi connectivity index (χ0v) is 13.0. The van der Waals surface area contributed by atoms with Crippen molar-refractivity contribution in [3.05, 3.63) is 54.1 Å². The van der Waals surface area contributed by atoms with Crippen LogP contribution < -0.4 is 10.1 Å². The number of benzene rings is 2. The first-order valence-electron chi connectivity index (χ1n) is 6.75. The average molecular weight is 305 g/mol. The molecule has 0 aliphatic heterocycles. The maximum atomic E-state index is 11.7. The Bertz CT molecular complexity index is 711. The molecule has 5 heteroatoms. The molecule has 0 atom stereocenters. The van der Waals surface area contributed by atoms with Crippen molar-refractivity contribution < 1.29 is 13.2 Å². The molecule has 2 aromatic carbocycles. The number of rotatable bonds is 6. The Labute approximate surface area is 125 Å². The van der Waals surface area contributed by atoms with Crippen molar-refractivity contribution in [3.8, 4) is 5.75 Å². The van der Waals surface area contributed by atoms with Gasteiger partial charge in [0, 0.05) is 12.8 Å². The first-order valence-corrected chi connectivity index (χ1v) is 8.64. The topological polar surface area (TPSA) is 55.4 Å². The fraction of sp³-hybridized carbons (Fsp3) is 0.250. The molecule has 2 rings (SSSR count).